The molecule has 2 aromatic carbocycles. The number of carbonyl (C=O) groups is 1. The third-order valence-corrected chi connectivity index (χ3v) is 3.60. The highest BCUT2D eigenvalue weighted by Gasteiger charge is 2.01. The molecule has 0 aromatic heterocycles. The lowest BCUT2D eigenvalue weighted by Crippen LogP contribution is -2.26. The van der Waals surface area contributed by atoms with E-state index in [0.717, 1.165) is 28.4 Å². The summed E-state index contributed by atoms with van der Waals surface area (Å²) in [6, 6.07) is 13.2. The lowest BCUT2D eigenvalue weighted by Gasteiger charge is -2.08. The van der Waals surface area contributed by atoms with Crippen LogP contribution >= 0.6 is 0 Å². The highest BCUT2D eigenvalue weighted by molar-refractivity contribution is 5.92. The number of rotatable bonds is 9. The maximum Gasteiger partial charge on any atom is 0.244 e. The Morgan fingerprint density at radius 2 is 1.77 bits per heavy atom. The highest BCUT2D eigenvalue weighted by atomic mass is 16.5. The molecule has 0 aliphatic rings. The van der Waals surface area contributed by atoms with Crippen LogP contribution in [0.4, 0.5) is 0 Å². The van der Waals surface area contributed by atoms with Gasteiger partial charge in [0.25, 0.3) is 0 Å². The Labute approximate surface area is 154 Å². The quantitative estimate of drug-likeness (QED) is 0.551. The van der Waals surface area contributed by atoms with E-state index in [0.29, 0.717) is 19.8 Å². The van der Waals surface area contributed by atoms with Crippen LogP contribution in [-0.2, 0) is 4.79 Å². The van der Waals surface area contributed by atoms with Crippen LogP contribution in [-0.4, -0.2) is 32.8 Å². The monoisotopic (exact) mass is 355 g/mol. The summed E-state index contributed by atoms with van der Waals surface area (Å²) in [4.78, 5) is 11.9. The van der Waals surface area contributed by atoms with E-state index in [1.54, 1.807) is 13.2 Å². The molecule has 5 nitrogen and oxygen atoms in total. The standard InChI is InChI=1S/C21H25NO4/c1-4-25-18-7-9-19(10-8-18)26-14-13-22-21(23)12-6-17-15-16(2)5-11-20(17)24-3/h5-12,15H,4,13-14H2,1-3H3,(H,22,23)/b12-6+. The third-order valence-electron chi connectivity index (χ3n) is 3.60. The zero-order valence-electron chi connectivity index (χ0n) is 15.5. The van der Waals surface area contributed by atoms with Crippen LogP contribution < -0.4 is 19.5 Å². The van der Waals surface area contributed by atoms with Crippen LogP contribution in [0, 0.1) is 6.92 Å². The Morgan fingerprint density at radius 3 is 2.42 bits per heavy atom. The molecule has 26 heavy (non-hydrogen) atoms. The van der Waals surface area contributed by atoms with Gasteiger partial charge in [0.2, 0.25) is 5.91 Å². The van der Waals surface area contributed by atoms with Crippen LogP contribution in [0.5, 0.6) is 17.2 Å². The number of aryl methyl sites for hydroxylation is 1. The number of hydrogen-bond acceptors (Lipinski definition) is 4. The van der Waals surface area contributed by atoms with Crippen molar-refractivity contribution in [2.75, 3.05) is 26.9 Å². The van der Waals surface area contributed by atoms with Crippen LogP contribution in [0.2, 0.25) is 0 Å². The first-order valence-corrected chi connectivity index (χ1v) is 8.58. The van der Waals surface area contributed by atoms with Gasteiger partial charge in [-0.3, -0.25) is 4.79 Å². The molecule has 0 unspecified atom stereocenters. The molecule has 1 N–H and O–H groups in total. The van der Waals surface area contributed by atoms with E-state index < -0.39 is 0 Å². The van der Waals surface area contributed by atoms with E-state index in [1.165, 1.54) is 6.08 Å². The summed E-state index contributed by atoms with van der Waals surface area (Å²) in [5.41, 5.74) is 1.97. The molecule has 0 aliphatic carbocycles. The molecule has 5 heteroatoms. The molecular weight excluding hydrogens is 330 g/mol. The zero-order valence-corrected chi connectivity index (χ0v) is 15.5. The zero-order chi connectivity index (χ0) is 18.8. The molecule has 0 radical (unpaired) electrons. The van der Waals surface area contributed by atoms with Gasteiger partial charge < -0.3 is 19.5 Å². The molecular formula is C21H25NO4. The summed E-state index contributed by atoms with van der Waals surface area (Å²) in [6.07, 6.45) is 3.24. The van der Waals surface area contributed by atoms with Crippen molar-refractivity contribution in [1.29, 1.82) is 0 Å². The van der Waals surface area contributed by atoms with Crippen molar-refractivity contribution in [1.82, 2.24) is 5.32 Å². The third kappa shape index (κ3) is 6.16. The van der Waals surface area contributed by atoms with Crippen molar-refractivity contribution in [3.05, 3.63) is 59.7 Å². The summed E-state index contributed by atoms with van der Waals surface area (Å²) in [5, 5.41) is 2.79. The van der Waals surface area contributed by atoms with Gasteiger partial charge in [-0.1, -0.05) is 11.6 Å². The Balaban J connectivity index is 1.76. The van der Waals surface area contributed by atoms with Gasteiger partial charge in [-0.25, -0.2) is 0 Å². The number of ether oxygens (including phenoxy) is 3. The van der Waals surface area contributed by atoms with E-state index in [1.807, 2.05) is 56.3 Å². The van der Waals surface area contributed by atoms with E-state index in [-0.39, 0.29) is 5.91 Å². The number of hydrogen-bond donors (Lipinski definition) is 1. The average molecular weight is 355 g/mol. The number of methoxy groups -OCH3 is 1. The predicted octanol–water partition coefficient (Wildman–Crippen LogP) is 3.61. The first kappa shape index (κ1) is 19.4. The number of carbonyl (C=O) groups excluding carboxylic acids is 1. The van der Waals surface area contributed by atoms with Crippen LogP contribution in [0.1, 0.15) is 18.1 Å². The van der Waals surface area contributed by atoms with E-state index in [9.17, 15) is 4.79 Å². The molecule has 1 amide bonds. The summed E-state index contributed by atoms with van der Waals surface area (Å²) in [7, 11) is 1.61. The molecule has 138 valence electrons. The van der Waals surface area contributed by atoms with Gasteiger partial charge in [0.05, 0.1) is 20.3 Å². The lowest BCUT2D eigenvalue weighted by molar-refractivity contribution is -0.116. The lowest BCUT2D eigenvalue weighted by atomic mass is 10.1. The normalized spacial score (nSPS) is 10.6. The van der Waals surface area contributed by atoms with Gasteiger partial charge in [0, 0.05) is 11.6 Å². The Morgan fingerprint density at radius 1 is 1.08 bits per heavy atom. The highest BCUT2D eigenvalue weighted by Crippen LogP contribution is 2.21. The molecule has 0 atom stereocenters. The van der Waals surface area contributed by atoms with E-state index in [2.05, 4.69) is 5.32 Å². The van der Waals surface area contributed by atoms with Gasteiger partial charge in [0.1, 0.15) is 23.9 Å². The fourth-order valence-electron chi connectivity index (χ4n) is 2.35. The molecule has 2 aromatic rings. The second-order valence-electron chi connectivity index (χ2n) is 5.62. The van der Waals surface area contributed by atoms with Crippen molar-refractivity contribution < 1.29 is 19.0 Å². The molecule has 0 saturated heterocycles. The predicted molar refractivity (Wildman–Crippen MR) is 103 cm³/mol. The number of nitrogens with one attached hydrogen (secondary N) is 1. The number of benzene rings is 2. The maximum absolute atomic E-state index is 11.9. The van der Waals surface area contributed by atoms with Gasteiger partial charge in [0.15, 0.2) is 0 Å². The summed E-state index contributed by atoms with van der Waals surface area (Å²) < 4.78 is 16.3. The first-order valence-electron chi connectivity index (χ1n) is 8.58. The van der Waals surface area contributed by atoms with E-state index in [4.69, 9.17) is 14.2 Å². The summed E-state index contributed by atoms with van der Waals surface area (Å²) >= 11 is 0. The van der Waals surface area contributed by atoms with Gasteiger partial charge in [-0.15, -0.1) is 0 Å². The van der Waals surface area contributed by atoms with Gasteiger partial charge in [-0.05, 0) is 56.3 Å². The van der Waals surface area contributed by atoms with Crippen molar-refractivity contribution in [3.63, 3.8) is 0 Å². The largest absolute Gasteiger partial charge is 0.496 e. The minimum Gasteiger partial charge on any atom is -0.496 e. The smallest absolute Gasteiger partial charge is 0.244 e. The maximum atomic E-state index is 11.9. The van der Waals surface area contributed by atoms with Crippen molar-refractivity contribution in [2.45, 2.75) is 13.8 Å². The number of amides is 1. The second kappa shape index (κ2) is 10.1. The van der Waals surface area contributed by atoms with Crippen molar-refractivity contribution in [3.8, 4) is 17.2 Å². The molecule has 0 bridgehead atoms. The van der Waals surface area contributed by atoms with Crippen LogP contribution in [0.3, 0.4) is 0 Å². The topological polar surface area (TPSA) is 56.8 Å². The second-order valence-corrected chi connectivity index (χ2v) is 5.62. The summed E-state index contributed by atoms with van der Waals surface area (Å²) in [6.45, 7) is 5.38. The van der Waals surface area contributed by atoms with Crippen LogP contribution in [0.15, 0.2) is 48.5 Å². The van der Waals surface area contributed by atoms with Crippen molar-refractivity contribution >= 4 is 12.0 Å². The Kier molecular flexibility index (Phi) is 7.55. The van der Waals surface area contributed by atoms with Crippen LogP contribution in [0.25, 0.3) is 6.08 Å². The fourth-order valence-corrected chi connectivity index (χ4v) is 2.35. The van der Waals surface area contributed by atoms with Gasteiger partial charge >= 0.3 is 0 Å². The van der Waals surface area contributed by atoms with E-state index >= 15 is 0 Å². The molecule has 0 fully saturated rings. The molecule has 2 rings (SSSR count). The molecule has 0 aliphatic heterocycles. The SMILES string of the molecule is CCOc1ccc(OCCNC(=O)/C=C/c2cc(C)ccc2OC)cc1. The average Bonchev–Trinajstić information content (AvgIpc) is 2.65. The summed E-state index contributed by atoms with van der Waals surface area (Å²) in [5.74, 6) is 2.11. The molecule has 0 spiro atoms. The molecule has 0 heterocycles. The van der Waals surface area contributed by atoms with Gasteiger partial charge in [-0.2, -0.15) is 0 Å². The Hall–Kier alpha value is -2.95. The Bertz CT molecular complexity index is 738. The fraction of sp³-hybridized carbons (Fsp3) is 0.286. The minimum absolute atomic E-state index is 0.177. The molecule has 0 saturated carbocycles. The first-order chi connectivity index (χ1) is 12.6. The minimum atomic E-state index is -0.177. The van der Waals surface area contributed by atoms with Crippen molar-refractivity contribution in [2.24, 2.45) is 0 Å².